The van der Waals surface area contributed by atoms with Crippen LogP contribution in [0.5, 0.6) is 0 Å². The maximum atomic E-state index is 5.25. The highest BCUT2D eigenvalue weighted by molar-refractivity contribution is 5.41. The molecule has 0 amide bonds. The van der Waals surface area contributed by atoms with Gasteiger partial charge in [-0.15, -0.1) is 0 Å². The van der Waals surface area contributed by atoms with Gasteiger partial charge in [0.05, 0.1) is 12.4 Å². The molecule has 0 aliphatic rings. The number of hydrazine groups is 1. The maximum absolute atomic E-state index is 5.25. The van der Waals surface area contributed by atoms with Gasteiger partial charge in [-0.3, -0.25) is 4.98 Å². The van der Waals surface area contributed by atoms with Crippen molar-refractivity contribution in [3.63, 3.8) is 0 Å². The molecule has 5 heteroatoms. The molecule has 0 aliphatic heterocycles. The van der Waals surface area contributed by atoms with Crippen LogP contribution in [0.15, 0.2) is 42.7 Å². The average molecular weight is 215 g/mol. The van der Waals surface area contributed by atoms with Crippen molar-refractivity contribution in [2.45, 2.75) is 6.54 Å². The molecule has 1 heterocycles. The summed E-state index contributed by atoms with van der Waals surface area (Å²) in [6.07, 6.45) is 3.22. The van der Waals surface area contributed by atoms with Crippen molar-refractivity contribution in [1.82, 2.24) is 9.97 Å². The molecule has 0 unspecified atom stereocenters. The summed E-state index contributed by atoms with van der Waals surface area (Å²) >= 11 is 0. The molecule has 2 aromatic rings. The minimum atomic E-state index is 0.540. The summed E-state index contributed by atoms with van der Waals surface area (Å²) in [6, 6.07) is 10.1. The Morgan fingerprint density at radius 1 is 1.06 bits per heavy atom. The van der Waals surface area contributed by atoms with E-state index in [2.05, 4.69) is 20.7 Å². The summed E-state index contributed by atoms with van der Waals surface area (Å²) in [5, 5.41) is 3.17. The number of benzene rings is 1. The second-order valence-electron chi connectivity index (χ2n) is 3.27. The van der Waals surface area contributed by atoms with Crippen molar-refractivity contribution in [3.8, 4) is 0 Å². The number of aromatic nitrogens is 2. The van der Waals surface area contributed by atoms with Crippen LogP contribution < -0.4 is 16.6 Å². The van der Waals surface area contributed by atoms with E-state index in [1.165, 1.54) is 5.56 Å². The first-order valence-electron chi connectivity index (χ1n) is 4.95. The van der Waals surface area contributed by atoms with Gasteiger partial charge in [-0.1, -0.05) is 30.3 Å². The molecule has 4 N–H and O–H groups in total. The molecule has 16 heavy (non-hydrogen) atoms. The van der Waals surface area contributed by atoms with E-state index >= 15 is 0 Å². The van der Waals surface area contributed by atoms with Gasteiger partial charge in [-0.2, -0.15) is 0 Å². The molecule has 1 aromatic carbocycles. The Balaban J connectivity index is 1.99. The molecular formula is C11H13N5. The van der Waals surface area contributed by atoms with Gasteiger partial charge in [0.2, 0.25) is 0 Å². The van der Waals surface area contributed by atoms with Crippen molar-refractivity contribution < 1.29 is 0 Å². The van der Waals surface area contributed by atoms with Crippen molar-refractivity contribution in [1.29, 1.82) is 0 Å². The zero-order valence-corrected chi connectivity index (χ0v) is 8.72. The van der Waals surface area contributed by atoms with Gasteiger partial charge in [-0.25, -0.2) is 10.8 Å². The first-order chi connectivity index (χ1) is 7.88. The second-order valence-corrected chi connectivity index (χ2v) is 3.27. The van der Waals surface area contributed by atoms with E-state index in [9.17, 15) is 0 Å². The number of nitrogens with two attached hydrogens (primary N) is 1. The van der Waals surface area contributed by atoms with Crippen LogP contribution in [0.2, 0.25) is 0 Å². The Kier molecular flexibility index (Phi) is 3.30. The Bertz CT molecular complexity index is 443. The zero-order valence-electron chi connectivity index (χ0n) is 8.72. The summed E-state index contributed by atoms with van der Waals surface area (Å²) in [7, 11) is 0. The molecule has 0 radical (unpaired) electrons. The summed E-state index contributed by atoms with van der Waals surface area (Å²) in [6.45, 7) is 0.712. The molecule has 0 spiro atoms. The monoisotopic (exact) mass is 215 g/mol. The maximum Gasteiger partial charge on any atom is 0.160 e. The van der Waals surface area contributed by atoms with Crippen molar-refractivity contribution >= 4 is 11.6 Å². The molecule has 0 saturated heterocycles. The van der Waals surface area contributed by atoms with Crippen LogP contribution in [0.4, 0.5) is 11.6 Å². The fraction of sp³-hybridized carbons (Fsp3) is 0.0909. The highest BCUT2D eigenvalue weighted by Crippen LogP contribution is 2.07. The minimum Gasteiger partial charge on any atom is -0.365 e. The van der Waals surface area contributed by atoms with Crippen LogP contribution in [0.25, 0.3) is 0 Å². The first kappa shape index (κ1) is 10.4. The molecule has 0 atom stereocenters. The van der Waals surface area contributed by atoms with Crippen LogP contribution in [-0.2, 0) is 6.54 Å². The predicted octanol–water partition coefficient (Wildman–Crippen LogP) is 1.37. The summed E-state index contributed by atoms with van der Waals surface area (Å²) in [4.78, 5) is 8.20. The number of anilines is 2. The van der Waals surface area contributed by atoms with Gasteiger partial charge in [0.1, 0.15) is 5.82 Å². The fourth-order valence-electron chi connectivity index (χ4n) is 1.31. The van der Waals surface area contributed by atoms with Gasteiger partial charge in [-0.05, 0) is 5.56 Å². The van der Waals surface area contributed by atoms with Crippen LogP contribution in [0, 0.1) is 0 Å². The number of hydrogen-bond donors (Lipinski definition) is 3. The van der Waals surface area contributed by atoms with E-state index in [1.807, 2.05) is 30.3 Å². The molecule has 82 valence electrons. The van der Waals surface area contributed by atoms with Gasteiger partial charge in [0.25, 0.3) is 0 Å². The lowest BCUT2D eigenvalue weighted by atomic mass is 10.2. The van der Waals surface area contributed by atoms with Crippen molar-refractivity contribution in [3.05, 3.63) is 48.3 Å². The van der Waals surface area contributed by atoms with Crippen molar-refractivity contribution in [2.24, 2.45) is 5.84 Å². The molecule has 0 saturated carbocycles. The van der Waals surface area contributed by atoms with Gasteiger partial charge >= 0.3 is 0 Å². The van der Waals surface area contributed by atoms with E-state index in [0.29, 0.717) is 18.2 Å². The number of nitrogens with zero attached hydrogens (tertiary/aromatic N) is 2. The topological polar surface area (TPSA) is 75.9 Å². The van der Waals surface area contributed by atoms with E-state index < -0.39 is 0 Å². The summed E-state index contributed by atoms with van der Waals surface area (Å²) in [5.41, 5.74) is 3.64. The molecule has 0 aliphatic carbocycles. The zero-order chi connectivity index (χ0) is 11.2. The first-order valence-corrected chi connectivity index (χ1v) is 4.95. The normalized spacial score (nSPS) is 9.81. The van der Waals surface area contributed by atoms with E-state index in [-0.39, 0.29) is 0 Å². The molecule has 0 fully saturated rings. The third-order valence-electron chi connectivity index (χ3n) is 2.10. The van der Waals surface area contributed by atoms with E-state index in [4.69, 9.17) is 5.84 Å². The lowest BCUT2D eigenvalue weighted by Gasteiger charge is -2.06. The number of rotatable bonds is 4. The molecule has 5 nitrogen and oxygen atoms in total. The molecule has 0 bridgehead atoms. The highest BCUT2D eigenvalue weighted by Gasteiger charge is 1.96. The van der Waals surface area contributed by atoms with E-state index in [1.54, 1.807) is 12.4 Å². The van der Waals surface area contributed by atoms with Gasteiger partial charge < -0.3 is 10.7 Å². The highest BCUT2D eigenvalue weighted by atomic mass is 15.3. The second kappa shape index (κ2) is 5.09. The molecule has 2 rings (SSSR count). The summed E-state index contributed by atoms with van der Waals surface area (Å²) in [5.74, 6) is 6.48. The van der Waals surface area contributed by atoms with E-state index in [0.717, 1.165) is 0 Å². The Morgan fingerprint density at radius 3 is 2.56 bits per heavy atom. The Labute approximate surface area is 93.7 Å². The predicted molar refractivity (Wildman–Crippen MR) is 63.6 cm³/mol. The fourth-order valence-corrected chi connectivity index (χ4v) is 1.31. The molecular weight excluding hydrogens is 202 g/mol. The van der Waals surface area contributed by atoms with Crippen LogP contribution in [0.1, 0.15) is 5.56 Å². The van der Waals surface area contributed by atoms with Crippen LogP contribution in [0.3, 0.4) is 0 Å². The Morgan fingerprint density at radius 2 is 1.81 bits per heavy atom. The quantitative estimate of drug-likeness (QED) is 0.530. The lowest BCUT2D eigenvalue weighted by molar-refractivity contribution is 1.08. The lowest BCUT2D eigenvalue weighted by Crippen LogP contribution is -2.10. The van der Waals surface area contributed by atoms with Crippen LogP contribution in [-0.4, -0.2) is 9.97 Å². The number of nitrogens with one attached hydrogen (secondary N) is 2. The van der Waals surface area contributed by atoms with Crippen molar-refractivity contribution in [2.75, 3.05) is 10.7 Å². The SMILES string of the molecule is NNc1cncc(NCc2ccccc2)n1. The largest absolute Gasteiger partial charge is 0.365 e. The number of nitrogen functional groups attached to an aromatic ring is 1. The molecule has 1 aromatic heterocycles. The summed E-state index contributed by atoms with van der Waals surface area (Å²) < 4.78 is 0. The van der Waals surface area contributed by atoms with Gasteiger partial charge in [0, 0.05) is 6.54 Å². The van der Waals surface area contributed by atoms with Crippen LogP contribution >= 0.6 is 0 Å². The minimum absolute atomic E-state index is 0.540. The third-order valence-corrected chi connectivity index (χ3v) is 2.10. The average Bonchev–Trinajstić information content (AvgIpc) is 2.38. The number of hydrogen-bond acceptors (Lipinski definition) is 5. The third kappa shape index (κ3) is 2.68. The smallest absolute Gasteiger partial charge is 0.160 e. The standard InChI is InChI=1S/C11H13N5/c12-16-11-8-13-7-10(15-11)14-6-9-4-2-1-3-5-9/h1-5,7-8H,6,12H2,(H2,14,15,16). The van der Waals surface area contributed by atoms with Gasteiger partial charge in [0.15, 0.2) is 5.82 Å². The Hall–Kier alpha value is -2.14.